The fraction of sp³-hybridized carbons (Fsp3) is 0.304. The van der Waals surface area contributed by atoms with Gasteiger partial charge in [0.05, 0.1) is 17.9 Å². The summed E-state index contributed by atoms with van der Waals surface area (Å²) < 4.78 is 0. The van der Waals surface area contributed by atoms with Crippen LogP contribution in [0.15, 0.2) is 48.5 Å². The molecule has 1 saturated heterocycles. The second kappa shape index (κ2) is 7.24. The molecule has 5 heteroatoms. The predicted molar refractivity (Wildman–Crippen MR) is 111 cm³/mol. The third-order valence-electron chi connectivity index (χ3n) is 5.76. The Morgan fingerprint density at radius 3 is 2.71 bits per heavy atom. The smallest absolute Gasteiger partial charge is 0.238 e. The number of piperidine rings is 1. The van der Waals surface area contributed by atoms with Crippen LogP contribution in [0.1, 0.15) is 30.4 Å². The molecule has 1 aliphatic heterocycles. The van der Waals surface area contributed by atoms with E-state index in [1.807, 2.05) is 24.3 Å². The molecule has 2 heterocycles. The Labute approximate surface area is 164 Å². The number of nitrogens with zero attached hydrogens (tertiary/aromatic N) is 2. The highest BCUT2D eigenvalue weighted by Crippen LogP contribution is 2.40. The van der Waals surface area contributed by atoms with Crippen LogP contribution in [0.25, 0.3) is 22.5 Å². The Hall–Kier alpha value is -2.92. The van der Waals surface area contributed by atoms with Crippen LogP contribution in [-0.4, -0.2) is 40.6 Å². The highest BCUT2D eigenvalue weighted by Gasteiger charge is 2.25. The van der Waals surface area contributed by atoms with Crippen molar-refractivity contribution in [1.29, 1.82) is 0 Å². The van der Waals surface area contributed by atoms with Gasteiger partial charge in [0.2, 0.25) is 5.91 Å². The Kier molecular flexibility index (Phi) is 4.45. The maximum atomic E-state index is 12.4. The van der Waals surface area contributed by atoms with Gasteiger partial charge in [0.15, 0.2) is 0 Å². The van der Waals surface area contributed by atoms with Gasteiger partial charge in [0.1, 0.15) is 0 Å². The molecule has 0 radical (unpaired) electrons. The van der Waals surface area contributed by atoms with Gasteiger partial charge in [0, 0.05) is 28.8 Å². The quantitative estimate of drug-likeness (QED) is 0.568. The fourth-order valence-electron chi connectivity index (χ4n) is 4.37. The molecule has 0 atom stereocenters. The van der Waals surface area contributed by atoms with Crippen LogP contribution in [0.2, 0.25) is 0 Å². The molecule has 28 heavy (non-hydrogen) atoms. The number of H-pyrrole nitrogens is 1. The van der Waals surface area contributed by atoms with Crippen molar-refractivity contribution in [2.24, 2.45) is 0 Å². The Morgan fingerprint density at radius 2 is 1.89 bits per heavy atom. The first-order chi connectivity index (χ1) is 13.8. The second-order valence-electron chi connectivity index (χ2n) is 7.73. The second-order valence-corrected chi connectivity index (χ2v) is 7.73. The van der Waals surface area contributed by atoms with Crippen LogP contribution in [0, 0.1) is 0 Å². The van der Waals surface area contributed by atoms with Gasteiger partial charge in [-0.25, -0.2) is 0 Å². The van der Waals surface area contributed by atoms with Crippen molar-refractivity contribution in [2.45, 2.75) is 25.7 Å². The van der Waals surface area contributed by atoms with Crippen LogP contribution in [0.4, 0.5) is 5.69 Å². The number of anilines is 1. The lowest BCUT2D eigenvalue weighted by molar-refractivity contribution is -0.117. The maximum absolute atomic E-state index is 12.4. The molecule has 0 spiro atoms. The lowest BCUT2D eigenvalue weighted by Crippen LogP contribution is -2.36. The van der Waals surface area contributed by atoms with Crippen LogP contribution < -0.4 is 5.32 Å². The number of aromatic nitrogens is 2. The molecule has 1 amide bonds. The molecular weight excluding hydrogens is 348 g/mol. The maximum Gasteiger partial charge on any atom is 0.238 e. The van der Waals surface area contributed by atoms with Crippen molar-refractivity contribution in [1.82, 2.24) is 15.1 Å². The molecule has 3 aromatic rings. The highest BCUT2D eigenvalue weighted by molar-refractivity contribution is 5.93. The summed E-state index contributed by atoms with van der Waals surface area (Å²) in [6.07, 6.45) is 4.51. The van der Waals surface area contributed by atoms with Gasteiger partial charge in [-0.3, -0.25) is 14.8 Å². The van der Waals surface area contributed by atoms with E-state index in [2.05, 4.69) is 44.7 Å². The van der Waals surface area contributed by atoms with Crippen LogP contribution >= 0.6 is 0 Å². The summed E-state index contributed by atoms with van der Waals surface area (Å²) in [5.74, 6) is 0.0741. The SMILES string of the molecule is O=C(CN1CCCCC1)Nc1ccc2c(c1)Cc1c(-c3ccccc3)n[nH]c1-2. The van der Waals surface area contributed by atoms with Crippen molar-refractivity contribution in [3.8, 4) is 22.5 Å². The van der Waals surface area contributed by atoms with E-state index >= 15 is 0 Å². The average molecular weight is 372 g/mol. The van der Waals surface area contributed by atoms with E-state index in [0.717, 1.165) is 42.1 Å². The minimum Gasteiger partial charge on any atom is -0.325 e. The molecule has 142 valence electrons. The molecule has 1 aromatic heterocycles. The summed E-state index contributed by atoms with van der Waals surface area (Å²) in [6.45, 7) is 2.54. The number of hydrogen-bond acceptors (Lipinski definition) is 3. The molecule has 5 nitrogen and oxygen atoms in total. The van der Waals surface area contributed by atoms with Crippen molar-refractivity contribution in [3.05, 3.63) is 59.7 Å². The molecule has 2 aliphatic rings. The van der Waals surface area contributed by atoms with Gasteiger partial charge in [-0.15, -0.1) is 0 Å². The molecule has 2 aromatic carbocycles. The zero-order valence-electron chi connectivity index (χ0n) is 15.9. The van der Waals surface area contributed by atoms with Crippen molar-refractivity contribution >= 4 is 11.6 Å². The zero-order valence-corrected chi connectivity index (χ0v) is 15.9. The Morgan fingerprint density at radius 1 is 1.07 bits per heavy atom. The monoisotopic (exact) mass is 372 g/mol. The number of carbonyl (C=O) groups excluding carboxylic acids is 1. The van der Waals surface area contributed by atoms with Gasteiger partial charge in [0.25, 0.3) is 0 Å². The average Bonchev–Trinajstić information content (AvgIpc) is 3.28. The first-order valence-corrected chi connectivity index (χ1v) is 10.1. The van der Waals surface area contributed by atoms with Crippen molar-refractivity contribution in [2.75, 3.05) is 25.0 Å². The summed E-state index contributed by atoms with van der Waals surface area (Å²) in [5.41, 5.74) is 7.76. The van der Waals surface area contributed by atoms with Crippen LogP contribution in [0.5, 0.6) is 0 Å². The van der Waals surface area contributed by atoms with Crippen molar-refractivity contribution < 1.29 is 4.79 Å². The van der Waals surface area contributed by atoms with Crippen molar-refractivity contribution in [3.63, 3.8) is 0 Å². The summed E-state index contributed by atoms with van der Waals surface area (Å²) in [6, 6.07) is 16.5. The van der Waals surface area contributed by atoms with E-state index in [1.165, 1.54) is 36.0 Å². The Balaban J connectivity index is 1.32. The number of carbonyl (C=O) groups is 1. The third kappa shape index (κ3) is 3.22. The molecule has 0 saturated carbocycles. The number of benzene rings is 2. The number of hydrogen-bond donors (Lipinski definition) is 2. The van der Waals surface area contributed by atoms with E-state index in [9.17, 15) is 4.79 Å². The van der Waals surface area contributed by atoms with Gasteiger partial charge in [-0.05, 0) is 43.6 Å². The largest absolute Gasteiger partial charge is 0.325 e. The van der Waals surface area contributed by atoms with Gasteiger partial charge in [-0.2, -0.15) is 5.10 Å². The standard InChI is InChI=1S/C23H24N4O/c28-21(15-27-11-5-2-6-12-27)24-18-9-10-19-17(13-18)14-20-22(25-26-23(19)20)16-7-3-1-4-8-16/h1,3-4,7-10,13H,2,5-6,11-12,14-15H2,(H,24,28)(H,25,26). The first-order valence-electron chi connectivity index (χ1n) is 10.1. The van der Waals surface area contributed by atoms with Gasteiger partial charge >= 0.3 is 0 Å². The lowest BCUT2D eigenvalue weighted by Gasteiger charge is -2.25. The van der Waals surface area contributed by atoms with Crippen LogP contribution in [0.3, 0.4) is 0 Å². The summed E-state index contributed by atoms with van der Waals surface area (Å²) >= 11 is 0. The highest BCUT2D eigenvalue weighted by atomic mass is 16.2. The number of amides is 1. The number of aromatic amines is 1. The summed E-state index contributed by atoms with van der Waals surface area (Å²) in [4.78, 5) is 14.7. The molecular formula is C23H24N4O. The fourth-order valence-corrected chi connectivity index (χ4v) is 4.37. The van der Waals surface area contributed by atoms with Gasteiger partial charge in [-0.1, -0.05) is 42.8 Å². The number of likely N-dealkylation sites (tertiary alicyclic amines) is 1. The van der Waals surface area contributed by atoms with Gasteiger partial charge < -0.3 is 5.32 Å². The normalized spacial score (nSPS) is 15.9. The zero-order chi connectivity index (χ0) is 18.9. The molecule has 5 rings (SSSR count). The predicted octanol–water partition coefficient (Wildman–Crippen LogP) is 4.07. The van der Waals surface area contributed by atoms with E-state index in [-0.39, 0.29) is 5.91 Å². The number of nitrogens with one attached hydrogen (secondary N) is 2. The minimum atomic E-state index is 0.0741. The first kappa shape index (κ1) is 17.2. The molecule has 0 unspecified atom stereocenters. The van der Waals surface area contributed by atoms with E-state index < -0.39 is 0 Å². The topological polar surface area (TPSA) is 61.0 Å². The number of fused-ring (bicyclic) bond motifs is 3. The number of rotatable bonds is 4. The van der Waals surface area contributed by atoms with E-state index in [4.69, 9.17) is 0 Å². The lowest BCUT2D eigenvalue weighted by atomic mass is 10.1. The molecule has 2 N–H and O–H groups in total. The minimum absolute atomic E-state index is 0.0741. The van der Waals surface area contributed by atoms with Crippen LogP contribution in [-0.2, 0) is 11.2 Å². The molecule has 1 aliphatic carbocycles. The van der Waals surface area contributed by atoms with E-state index in [0.29, 0.717) is 6.54 Å². The molecule has 0 bridgehead atoms. The van der Waals surface area contributed by atoms with E-state index in [1.54, 1.807) is 0 Å². The molecule has 1 fully saturated rings. The Bertz CT molecular complexity index is 1000. The summed E-state index contributed by atoms with van der Waals surface area (Å²) in [5, 5.41) is 10.8. The summed E-state index contributed by atoms with van der Waals surface area (Å²) in [7, 11) is 0. The third-order valence-corrected chi connectivity index (χ3v) is 5.76.